The summed E-state index contributed by atoms with van der Waals surface area (Å²) in [5, 5.41) is 12.3. The first-order valence-corrected chi connectivity index (χ1v) is 11.4. The maximum atomic E-state index is 13.0. The van der Waals surface area contributed by atoms with Crippen molar-refractivity contribution in [1.29, 1.82) is 0 Å². The molecule has 0 aliphatic heterocycles. The summed E-state index contributed by atoms with van der Waals surface area (Å²) in [7, 11) is -2.45. The number of rotatable bonds is 8. The number of carbonyl (C=O) groups is 2. The van der Waals surface area contributed by atoms with Crippen molar-refractivity contribution in [3.05, 3.63) is 23.8 Å². The van der Waals surface area contributed by atoms with Crippen LogP contribution in [0.1, 0.15) is 56.3 Å². The minimum atomic E-state index is -3.83. The summed E-state index contributed by atoms with van der Waals surface area (Å²) >= 11 is 0. The van der Waals surface area contributed by atoms with Gasteiger partial charge in [-0.25, -0.2) is 8.42 Å². The monoisotopic (exact) mass is 426 g/mol. The largest absolute Gasteiger partial charge is 0.495 e. The third-order valence-corrected chi connectivity index (χ3v) is 7.47. The molecular formula is C20H30N2O6S. The molecule has 162 valence electrons. The van der Waals surface area contributed by atoms with Gasteiger partial charge in [0.2, 0.25) is 10.0 Å². The zero-order valence-corrected chi connectivity index (χ0v) is 18.0. The van der Waals surface area contributed by atoms with Gasteiger partial charge in [0.1, 0.15) is 10.6 Å². The van der Waals surface area contributed by atoms with E-state index in [9.17, 15) is 23.1 Å². The van der Waals surface area contributed by atoms with Crippen LogP contribution in [0.15, 0.2) is 23.1 Å². The zero-order chi connectivity index (χ0) is 21.6. The molecule has 1 aromatic carbocycles. The molecule has 0 saturated heterocycles. The highest BCUT2D eigenvalue weighted by molar-refractivity contribution is 7.89. The van der Waals surface area contributed by atoms with Crippen LogP contribution in [0.5, 0.6) is 5.75 Å². The van der Waals surface area contributed by atoms with Crippen molar-refractivity contribution in [2.75, 3.05) is 20.2 Å². The van der Waals surface area contributed by atoms with E-state index < -0.39 is 33.9 Å². The summed E-state index contributed by atoms with van der Waals surface area (Å²) < 4.78 is 32.4. The first-order chi connectivity index (χ1) is 13.8. The van der Waals surface area contributed by atoms with Crippen LogP contribution < -0.4 is 10.1 Å². The highest BCUT2D eigenvalue weighted by atomic mass is 32.2. The normalized spacial score (nSPS) is 20.1. The van der Waals surface area contributed by atoms with Gasteiger partial charge in [-0.1, -0.05) is 33.1 Å². The van der Waals surface area contributed by atoms with Gasteiger partial charge in [-0.05, 0) is 31.0 Å². The van der Waals surface area contributed by atoms with E-state index in [1.165, 1.54) is 29.6 Å². The average Bonchev–Trinajstić information content (AvgIpc) is 2.93. The molecule has 0 radical (unpaired) electrons. The van der Waals surface area contributed by atoms with Gasteiger partial charge in [-0.3, -0.25) is 9.59 Å². The predicted octanol–water partition coefficient (Wildman–Crippen LogP) is 2.49. The second-order valence-corrected chi connectivity index (χ2v) is 9.02. The van der Waals surface area contributed by atoms with Crippen molar-refractivity contribution in [2.45, 2.75) is 56.9 Å². The van der Waals surface area contributed by atoms with Gasteiger partial charge >= 0.3 is 5.97 Å². The van der Waals surface area contributed by atoms with Crippen LogP contribution in [0.2, 0.25) is 0 Å². The summed E-state index contributed by atoms with van der Waals surface area (Å²) in [5.41, 5.74) is 0.157. The van der Waals surface area contributed by atoms with Crippen LogP contribution in [-0.2, 0) is 14.8 Å². The summed E-state index contributed by atoms with van der Waals surface area (Å²) in [6.07, 6.45) is 3.70. The molecule has 1 fully saturated rings. The fourth-order valence-electron chi connectivity index (χ4n) is 3.75. The van der Waals surface area contributed by atoms with Crippen molar-refractivity contribution in [1.82, 2.24) is 9.62 Å². The number of benzene rings is 1. The van der Waals surface area contributed by atoms with Crippen LogP contribution in [0, 0.1) is 5.92 Å². The lowest BCUT2D eigenvalue weighted by Crippen LogP contribution is -2.42. The van der Waals surface area contributed by atoms with Crippen LogP contribution in [0.4, 0.5) is 0 Å². The molecule has 1 aliphatic rings. The summed E-state index contributed by atoms with van der Waals surface area (Å²) in [5.74, 6) is -1.89. The SMILES string of the molecule is CCN(CC)S(=O)(=O)c1cc(C(=O)N[C@H]2CCCCC[C@@H]2C(=O)O)ccc1OC. The Labute approximate surface area is 172 Å². The van der Waals surface area contributed by atoms with Crippen molar-refractivity contribution < 1.29 is 27.9 Å². The Morgan fingerprint density at radius 1 is 1.17 bits per heavy atom. The third kappa shape index (κ3) is 5.27. The molecule has 0 unspecified atom stereocenters. The standard InChI is InChI=1S/C20H30N2O6S/c1-4-22(5-2)29(26,27)18-13-14(11-12-17(18)28-3)19(23)21-16-10-8-6-7-9-15(16)20(24)25/h11-13,15-16H,4-10H2,1-3H3,(H,21,23)(H,24,25)/t15-,16-/m0/s1. The van der Waals surface area contributed by atoms with Crippen molar-refractivity contribution in [3.63, 3.8) is 0 Å². The topological polar surface area (TPSA) is 113 Å². The summed E-state index contributed by atoms with van der Waals surface area (Å²) in [4.78, 5) is 24.3. The number of methoxy groups -OCH3 is 1. The minimum Gasteiger partial charge on any atom is -0.495 e. The van der Waals surface area contributed by atoms with Crippen LogP contribution in [0.25, 0.3) is 0 Å². The van der Waals surface area contributed by atoms with Gasteiger partial charge in [-0.15, -0.1) is 0 Å². The van der Waals surface area contributed by atoms with E-state index in [1.807, 2.05) is 0 Å². The first kappa shape index (κ1) is 23.2. The van der Waals surface area contributed by atoms with Gasteiger partial charge in [0.15, 0.2) is 0 Å². The number of carbonyl (C=O) groups excluding carboxylic acids is 1. The van der Waals surface area contributed by atoms with E-state index >= 15 is 0 Å². The molecule has 0 aromatic heterocycles. The molecule has 0 bridgehead atoms. The fourth-order valence-corrected chi connectivity index (χ4v) is 5.39. The maximum Gasteiger partial charge on any atom is 0.308 e. The lowest BCUT2D eigenvalue weighted by Gasteiger charge is -2.23. The molecule has 29 heavy (non-hydrogen) atoms. The minimum absolute atomic E-state index is 0.0769. The molecule has 1 amide bonds. The van der Waals surface area contributed by atoms with Gasteiger partial charge in [-0.2, -0.15) is 4.31 Å². The number of sulfonamides is 1. The van der Waals surface area contributed by atoms with Crippen LogP contribution >= 0.6 is 0 Å². The maximum absolute atomic E-state index is 13.0. The molecule has 2 N–H and O–H groups in total. The van der Waals surface area contributed by atoms with Crippen molar-refractivity contribution in [3.8, 4) is 5.75 Å². The Balaban J connectivity index is 2.35. The number of carboxylic acids is 1. The predicted molar refractivity (Wildman–Crippen MR) is 109 cm³/mol. The average molecular weight is 427 g/mol. The van der Waals surface area contributed by atoms with Crippen LogP contribution in [0.3, 0.4) is 0 Å². The van der Waals surface area contributed by atoms with E-state index in [0.717, 1.165) is 19.3 Å². The molecule has 2 atom stereocenters. The number of hydrogen-bond donors (Lipinski definition) is 2. The Hall–Kier alpha value is -2.13. The lowest BCUT2D eigenvalue weighted by atomic mass is 9.94. The zero-order valence-electron chi connectivity index (χ0n) is 17.2. The van der Waals surface area contributed by atoms with Crippen molar-refractivity contribution in [2.24, 2.45) is 5.92 Å². The molecule has 9 heteroatoms. The molecule has 0 spiro atoms. The summed E-state index contributed by atoms with van der Waals surface area (Å²) in [6.45, 7) is 4.06. The number of aliphatic carboxylic acids is 1. The first-order valence-electron chi connectivity index (χ1n) is 9.98. The second kappa shape index (κ2) is 10.1. The molecule has 2 rings (SSSR count). The van der Waals surface area contributed by atoms with Gasteiger partial charge in [0, 0.05) is 24.7 Å². The molecule has 8 nitrogen and oxygen atoms in total. The second-order valence-electron chi connectivity index (χ2n) is 7.12. The molecule has 1 saturated carbocycles. The van der Waals surface area contributed by atoms with E-state index in [0.29, 0.717) is 25.9 Å². The van der Waals surface area contributed by atoms with Gasteiger partial charge in [0.05, 0.1) is 13.0 Å². The number of nitrogens with one attached hydrogen (secondary N) is 1. The van der Waals surface area contributed by atoms with Gasteiger partial charge in [0.25, 0.3) is 5.91 Å². The number of ether oxygens (including phenoxy) is 1. The number of hydrogen-bond acceptors (Lipinski definition) is 5. The smallest absolute Gasteiger partial charge is 0.308 e. The number of amides is 1. The van der Waals surface area contributed by atoms with E-state index in [4.69, 9.17) is 4.74 Å². The fraction of sp³-hybridized carbons (Fsp3) is 0.600. The molecule has 1 aromatic rings. The van der Waals surface area contributed by atoms with E-state index in [2.05, 4.69) is 5.32 Å². The quantitative estimate of drug-likeness (QED) is 0.618. The van der Waals surface area contributed by atoms with E-state index in [-0.39, 0.29) is 16.2 Å². The molecular weight excluding hydrogens is 396 g/mol. The van der Waals surface area contributed by atoms with Crippen LogP contribution in [-0.4, -0.2) is 55.9 Å². The number of carboxylic acid groups (broad SMARTS) is 1. The number of nitrogens with zero attached hydrogens (tertiary/aromatic N) is 1. The highest BCUT2D eigenvalue weighted by Crippen LogP contribution is 2.29. The van der Waals surface area contributed by atoms with Gasteiger partial charge < -0.3 is 15.2 Å². The lowest BCUT2D eigenvalue weighted by molar-refractivity contribution is -0.142. The third-order valence-electron chi connectivity index (χ3n) is 5.40. The highest BCUT2D eigenvalue weighted by Gasteiger charge is 2.32. The Kier molecular flexibility index (Phi) is 8.04. The van der Waals surface area contributed by atoms with E-state index in [1.54, 1.807) is 13.8 Å². The Morgan fingerprint density at radius 3 is 2.41 bits per heavy atom. The molecule has 1 aliphatic carbocycles. The Morgan fingerprint density at radius 2 is 1.83 bits per heavy atom. The summed E-state index contributed by atoms with van der Waals surface area (Å²) in [6, 6.07) is 3.76. The Bertz CT molecular complexity index is 835. The molecule has 0 heterocycles. The van der Waals surface area contributed by atoms with Crippen molar-refractivity contribution >= 4 is 21.9 Å².